The first-order valence-corrected chi connectivity index (χ1v) is 5.45. The van der Waals surface area contributed by atoms with E-state index < -0.39 is 0 Å². The van der Waals surface area contributed by atoms with Crippen LogP contribution in [0.1, 0.15) is 30.1 Å². The maximum atomic E-state index is 5.62. The van der Waals surface area contributed by atoms with Gasteiger partial charge in [0, 0.05) is 19.5 Å². The predicted octanol–water partition coefficient (Wildman–Crippen LogP) is 1.91. The molecule has 2 N–H and O–H groups in total. The van der Waals surface area contributed by atoms with Gasteiger partial charge in [0.1, 0.15) is 5.82 Å². The van der Waals surface area contributed by atoms with Gasteiger partial charge in [0.05, 0.1) is 11.0 Å². The summed E-state index contributed by atoms with van der Waals surface area (Å²) in [6.45, 7) is 0.589. The van der Waals surface area contributed by atoms with Crippen LogP contribution in [0.4, 0.5) is 0 Å². The smallest absolute Gasteiger partial charge is 0.112 e. The molecule has 15 heavy (non-hydrogen) atoms. The number of imidazole rings is 1. The highest BCUT2D eigenvalue weighted by Crippen LogP contribution is 2.40. The average molecular weight is 201 g/mol. The summed E-state index contributed by atoms with van der Waals surface area (Å²) in [6.07, 6.45) is 2.59. The zero-order chi connectivity index (χ0) is 10.4. The summed E-state index contributed by atoms with van der Waals surface area (Å²) >= 11 is 0. The topological polar surface area (TPSA) is 43.8 Å². The number of rotatable bonds is 2. The molecule has 3 nitrogen and oxygen atoms in total. The highest BCUT2D eigenvalue weighted by atomic mass is 15.1. The van der Waals surface area contributed by atoms with Crippen LogP contribution in [0.5, 0.6) is 0 Å². The number of aryl methyl sites for hydroxylation is 1. The molecule has 0 atom stereocenters. The van der Waals surface area contributed by atoms with Crippen LogP contribution in [-0.2, 0) is 13.6 Å². The summed E-state index contributed by atoms with van der Waals surface area (Å²) < 4.78 is 2.22. The van der Waals surface area contributed by atoms with E-state index in [2.05, 4.69) is 29.8 Å². The molecular formula is C12H15N3. The van der Waals surface area contributed by atoms with Gasteiger partial charge in [-0.2, -0.15) is 0 Å². The number of nitrogens with two attached hydrogens (primary N) is 1. The van der Waals surface area contributed by atoms with Gasteiger partial charge in [-0.1, -0.05) is 6.07 Å². The lowest BCUT2D eigenvalue weighted by atomic mass is 10.2. The zero-order valence-corrected chi connectivity index (χ0v) is 8.90. The molecule has 2 aromatic rings. The molecule has 0 saturated heterocycles. The third kappa shape index (κ3) is 1.35. The zero-order valence-electron chi connectivity index (χ0n) is 8.90. The Morgan fingerprint density at radius 1 is 1.47 bits per heavy atom. The second-order valence-electron chi connectivity index (χ2n) is 4.33. The molecule has 0 aliphatic heterocycles. The van der Waals surface area contributed by atoms with Crippen LogP contribution in [0.25, 0.3) is 11.0 Å². The van der Waals surface area contributed by atoms with E-state index in [0.717, 1.165) is 11.1 Å². The Morgan fingerprint density at radius 2 is 2.27 bits per heavy atom. The monoisotopic (exact) mass is 201 g/mol. The van der Waals surface area contributed by atoms with Gasteiger partial charge in [-0.05, 0) is 30.5 Å². The van der Waals surface area contributed by atoms with Crippen LogP contribution in [0.15, 0.2) is 18.2 Å². The molecule has 1 aliphatic carbocycles. The van der Waals surface area contributed by atoms with E-state index in [9.17, 15) is 0 Å². The van der Waals surface area contributed by atoms with E-state index >= 15 is 0 Å². The fourth-order valence-corrected chi connectivity index (χ4v) is 2.10. The summed E-state index contributed by atoms with van der Waals surface area (Å²) in [6, 6.07) is 6.30. The molecule has 3 heteroatoms. The van der Waals surface area contributed by atoms with Crippen LogP contribution in [0.3, 0.4) is 0 Å². The SMILES string of the molecule is Cn1c(C2CC2)nc2cc(CN)ccc21. The fourth-order valence-electron chi connectivity index (χ4n) is 2.10. The quantitative estimate of drug-likeness (QED) is 0.806. The molecular weight excluding hydrogens is 186 g/mol. The summed E-state index contributed by atoms with van der Waals surface area (Å²) in [7, 11) is 2.10. The van der Waals surface area contributed by atoms with Crippen molar-refractivity contribution in [1.82, 2.24) is 9.55 Å². The first kappa shape index (κ1) is 8.92. The third-order valence-corrected chi connectivity index (χ3v) is 3.16. The van der Waals surface area contributed by atoms with Crippen molar-refractivity contribution >= 4 is 11.0 Å². The lowest BCUT2D eigenvalue weighted by Gasteiger charge is -1.99. The third-order valence-electron chi connectivity index (χ3n) is 3.16. The van der Waals surface area contributed by atoms with Crippen LogP contribution >= 0.6 is 0 Å². The van der Waals surface area contributed by atoms with Crippen molar-refractivity contribution in [1.29, 1.82) is 0 Å². The Bertz CT molecular complexity index is 509. The maximum absolute atomic E-state index is 5.62. The lowest BCUT2D eigenvalue weighted by Crippen LogP contribution is -1.96. The van der Waals surface area contributed by atoms with Crippen molar-refractivity contribution in [2.45, 2.75) is 25.3 Å². The number of hydrogen-bond donors (Lipinski definition) is 1. The van der Waals surface area contributed by atoms with Crippen molar-refractivity contribution < 1.29 is 0 Å². The summed E-state index contributed by atoms with van der Waals surface area (Å²) in [5, 5.41) is 0. The molecule has 1 heterocycles. The van der Waals surface area contributed by atoms with E-state index in [1.807, 2.05) is 0 Å². The minimum atomic E-state index is 0.589. The van der Waals surface area contributed by atoms with E-state index in [0.29, 0.717) is 12.5 Å². The fraction of sp³-hybridized carbons (Fsp3) is 0.417. The average Bonchev–Trinajstić information content (AvgIpc) is 3.04. The molecule has 1 aliphatic rings. The van der Waals surface area contributed by atoms with Crippen molar-refractivity contribution in [2.75, 3.05) is 0 Å². The number of hydrogen-bond acceptors (Lipinski definition) is 2. The molecule has 78 valence electrons. The second-order valence-corrected chi connectivity index (χ2v) is 4.33. The standard InChI is InChI=1S/C12H15N3/c1-15-11-5-2-8(7-13)6-10(11)14-12(15)9-3-4-9/h2,5-6,9H,3-4,7,13H2,1H3. The predicted molar refractivity (Wildman–Crippen MR) is 60.6 cm³/mol. The Hall–Kier alpha value is -1.35. The van der Waals surface area contributed by atoms with Gasteiger partial charge in [0.2, 0.25) is 0 Å². The largest absolute Gasteiger partial charge is 0.331 e. The Balaban J connectivity index is 2.20. The number of aromatic nitrogens is 2. The van der Waals surface area contributed by atoms with Crippen molar-refractivity contribution in [3.05, 3.63) is 29.6 Å². The number of benzene rings is 1. The lowest BCUT2D eigenvalue weighted by molar-refractivity contribution is 0.820. The minimum Gasteiger partial charge on any atom is -0.331 e. The molecule has 0 amide bonds. The molecule has 1 saturated carbocycles. The van der Waals surface area contributed by atoms with Gasteiger partial charge < -0.3 is 10.3 Å². The summed E-state index contributed by atoms with van der Waals surface area (Å²) in [5.41, 5.74) is 9.08. The molecule has 3 rings (SSSR count). The Morgan fingerprint density at radius 3 is 2.93 bits per heavy atom. The van der Waals surface area contributed by atoms with Crippen LogP contribution in [0, 0.1) is 0 Å². The molecule has 0 unspecified atom stereocenters. The molecule has 0 radical (unpaired) electrons. The van der Waals surface area contributed by atoms with Gasteiger partial charge >= 0.3 is 0 Å². The van der Waals surface area contributed by atoms with E-state index in [4.69, 9.17) is 10.7 Å². The second kappa shape index (κ2) is 3.07. The van der Waals surface area contributed by atoms with E-state index in [1.54, 1.807) is 0 Å². The highest BCUT2D eigenvalue weighted by molar-refractivity contribution is 5.77. The van der Waals surface area contributed by atoms with Crippen LogP contribution < -0.4 is 5.73 Å². The van der Waals surface area contributed by atoms with Gasteiger partial charge in [0.15, 0.2) is 0 Å². The molecule has 0 bridgehead atoms. The van der Waals surface area contributed by atoms with Gasteiger partial charge in [0.25, 0.3) is 0 Å². The Labute approximate surface area is 88.9 Å². The van der Waals surface area contributed by atoms with Gasteiger partial charge in [-0.15, -0.1) is 0 Å². The number of nitrogens with zero attached hydrogens (tertiary/aromatic N) is 2. The van der Waals surface area contributed by atoms with E-state index in [1.165, 1.54) is 24.2 Å². The van der Waals surface area contributed by atoms with Crippen molar-refractivity contribution in [3.8, 4) is 0 Å². The van der Waals surface area contributed by atoms with Crippen LogP contribution in [-0.4, -0.2) is 9.55 Å². The van der Waals surface area contributed by atoms with Crippen LogP contribution in [0.2, 0.25) is 0 Å². The summed E-state index contributed by atoms with van der Waals surface area (Å²) in [5.74, 6) is 1.93. The highest BCUT2D eigenvalue weighted by Gasteiger charge is 2.28. The maximum Gasteiger partial charge on any atom is 0.112 e. The van der Waals surface area contributed by atoms with Gasteiger partial charge in [-0.25, -0.2) is 4.98 Å². The first-order chi connectivity index (χ1) is 7.29. The molecule has 1 aromatic heterocycles. The normalized spacial score (nSPS) is 16.1. The molecule has 0 spiro atoms. The molecule has 1 aromatic carbocycles. The van der Waals surface area contributed by atoms with Crippen molar-refractivity contribution in [3.63, 3.8) is 0 Å². The summed E-state index contributed by atoms with van der Waals surface area (Å²) in [4.78, 5) is 4.69. The minimum absolute atomic E-state index is 0.589. The van der Waals surface area contributed by atoms with Crippen molar-refractivity contribution in [2.24, 2.45) is 12.8 Å². The Kier molecular flexibility index (Phi) is 1.83. The number of fused-ring (bicyclic) bond motifs is 1. The van der Waals surface area contributed by atoms with Gasteiger partial charge in [-0.3, -0.25) is 0 Å². The molecule has 1 fully saturated rings. The van der Waals surface area contributed by atoms with E-state index in [-0.39, 0.29) is 0 Å². The first-order valence-electron chi connectivity index (χ1n) is 5.45.